The van der Waals surface area contributed by atoms with Crippen LogP contribution < -0.4 is 0 Å². The predicted octanol–water partition coefficient (Wildman–Crippen LogP) is 3.08. The Morgan fingerprint density at radius 1 is 1.20 bits per heavy atom. The molecule has 0 fully saturated rings. The summed E-state index contributed by atoms with van der Waals surface area (Å²) in [6.07, 6.45) is 2.43. The second-order valence-electron chi connectivity index (χ2n) is 2.79. The van der Waals surface area contributed by atoms with Crippen LogP contribution in [-0.4, -0.2) is 0 Å². The number of rotatable bonds is 3. The van der Waals surface area contributed by atoms with Crippen molar-refractivity contribution in [1.29, 1.82) is 0 Å². The topological polar surface area (TPSA) is 0 Å². The van der Waals surface area contributed by atoms with E-state index in [1.807, 2.05) is 6.92 Å². The summed E-state index contributed by atoms with van der Waals surface area (Å²) in [6, 6.07) is 0. The molecule has 0 nitrogen and oxygen atoms in total. The van der Waals surface area contributed by atoms with Crippen LogP contribution in [0.15, 0.2) is 0 Å². The van der Waals surface area contributed by atoms with Crippen LogP contribution in [0.25, 0.3) is 0 Å². The van der Waals surface area contributed by atoms with Gasteiger partial charge in [0.25, 0.3) is 0 Å². The van der Waals surface area contributed by atoms with Crippen LogP contribution in [0.1, 0.15) is 40.5 Å². The van der Waals surface area contributed by atoms with Gasteiger partial charge in [-0.3, -0.25) is 0 Å². The molecule has 58 valence electrons. The number of hydrogen-bond donors (Lipinski definition) is 0. The molecule has 0 rings (SSSR count). The van der Waals surface area contributed by atoms with Gasteiger partial charge in [-0.1, -0.05) is 33.1 Å². The van der Waals surface area contributed by atoms with Crippen molar-refractivity contribution in [3.05, 3.63) is 0 Å². The Balaban J connectivity index is 3.88. The Kier molecular flexibility index (Phi) is 5.12. The SMILES string of the molecule is CC#CC(CC)C(C)CC. The summed E-state index contributed by atoms with van der Waals surface area (Å²) in [5.74, 6) is 7.60. The lowest BCUT2D eigenvalue weighted by atomic mass is 9.90. The van der Waals surface area contributed by atoms with E-state index in [-0.39, 0.29) is 0 Å². The van der Waals surface area contributed by atoms with Crippen LogP contribution >= 0.6 is 0 Å². The van der Waals surface area contributed by atoms with Gasteiger partial charge in [0, 0.05) is 5.92 Å². The summed E-state index contributed by atoms with van der Waals surface area (Å²) in [5.41, 5.74) is 0. The molecule has 10 heavy (non-hydrogen) atoms. The molecule has 0 aliphatic rings. The fourth-order valence-corrected chi connectivity index (χ4v) is 1.12. The first-order valence-electron chi connectivity index (χ1n) is 4.18. The van der Waals surface area contributed by atoms with Crippen molar-refractivity contribution in [2.75, 3.05) is 0 Å². The van der Waals surface area contributed by atoms with Crippen LogP contribution in [0.4, 0.5) is 0 Å². The highest BCUT2D eigenvalue weighted by molar-refractivity contribution is 5.01. The van der Waals surface area contributed by atoms with E-state index < -0.39 is 0 Å². The molecule has 0 bridgehead atoms. The summed E-state index contributed by atoms with van der Waals surface area (Å²) in [6.45, 7) is 8.63. The monoisotopic (exact) mass is 138 g/mol. The van der Waals surface area contributed by atoms with Gasteiger partial charge in [-0.25, -0.2) is 0 Å². The summed E-state index contributed by atoms with van der Waals surface area (Å²) in [5, 5.41) is 0. The van der Waals surface area contributed by atoms with E-state index in [0.29, 0.717) is 5.92 Å². The maximum absolute atomic E-state index is 3.23. The van der Waals surface area contributed by atoms with E-state index in [9.17, 15) is 0 Å². The average Bonchev–Trinajstić information content (AvgIpc) is 1.99. The maximum Gasteiger partial charge on any atom is 0.0225 e. The van der Waals surface area contributed by atoms with Crippen LogP contribution in [-0.2, 0) is 0 Å². The van der Waals surface area contributed by atoms with Crippen molar-refractivity contribution in [2.24, 2.45) is 11.8 Å². The average molecular weight is 138 g/mol. The molecule has 0 aliphatic heterocycles. The molecule has 0 radical (unpaired) electrons. The largest absolute Gasteiger partial charge is 0.106 e. The first-order valence-corrected chi connectivity index (χ1v) is 4.18. The van der Waals surface area contributed by atoms with Gasteiger partial charge < -0.3 is 0 Å². The third kappa shape index (κ3) is 2.92. The lowest BCUT2D eigenvalue weighted by Gasteiger charge is -2.14. The molecular weight excluding hydrogens is 120 g/mol. The summed E-state index contributed by atoms with van der Waals surface area (Å²) < 4.78 is 0. The Labute approximate surface area is 65.0 Å². The highest BCUT2D eigenvalue weighted by Crippen LogP contribution is 2.17. The zero-order valence-electron chi connectivity index (χ0n) is 7.57. The molecule has 0 spiro atoms. The first-order chi connectivity index (χ1) is 4.76. The Morgan fingerprint density at radius 2 is 1.80 bits per heavy atom. The zero-order valence-corrected chi connectivity index (χ0v) is 7.57. The van der Waals surface area contributed by atoms with Crippen molar-refractivity contribution in [3.63, 3.8) is 0 Å². The fourth-order valence-electron chi connectivity index (χ4n) is 1.12. The standard InChI is InChI=1S/C10H18/c1-5-8-10(7-3)9(4)6-2/h9-10H,6-7H2,1-4H3. The van der Waals surface area contributed by atoms with Crippen LogP contribution in [0.2, 0.25) is 0 Å². The molecule has 0 aromatic carbocycles. The Bertz CT molecular complexity index is 125. The van der Waals surface area contributed by atoms with Gasteiger partial charge in [0.05, 0.1) is 0 Å². The normalized spacial score (nSPS) is 15.2. The van der Waals surface area contributed by atoms with E-state index >= 15 is 0 Å². The van der Waals surface area contributed by atoms with E-state index in [1.54, 1.807) is 0 Å². The molecule has 0 aromatic rings. The summed E-state index contributed by atoms with van der Waals surface area (Å²) >= 11 is 0. The molecule has 0 aliphatic carbocycles. The van der Waals surface area contributed by atoms with E-state index in [4.69, 9.17) is 0 Å². The van der Waals surface area contributed by atoms with Crippen molar-refractivity contribution in [2.45, 2.75) is 40.5 Å². The van der Waals surface area contributed by atoms with Crippen molar-refractivity contribution < 1.29 is 0 Å². The molecule has 0 aromatic heterocycles. The molecule has 0 heterocycles. The molecule has 2 atom stereocenters. The van der Waals surface area contributed by atoms with Crippen molar-refractivity contribution in [3.8, 4) is 11.8 Å². The van der Waals surface area contributed by atoms with Gasteiger partial charge in [-0.15, -0.1) is 5.92 Å². The quantitative estimate of drug-likeness (QED) is 0.526. The van der Waals surface area contributed by atoms with E-state index in [0.717, 1.165) is 5.92 Å². The van der Waals surface area contributed by atoms with E-state index in [1.165, 1.54) is 12.8 Å². The molecule has 0 saturated heterocycles. The molecule has 0 amide bonds. The van der Waals surface area contributed by atoms with Crippen molar-refractivity contribution in [1.82, 2.24) is 0 Å². The second-order valence-corrected chi connectivity index (χ2v) is 2.79. The minimum absolute atomic E-state index is 0.620. The number of hydrogen-bond acceptors (Lipinski definition) is 0. The highest BCUT2D eigenvalue weighted by atomic mass is 14.1. The van der Waals surface area contributed by atoms with Crippen LogP contribution in [0, 0.1) is 23.7 Å². The van der Waals surface area contributed by atoms with Crippen LogP contribution in [0.5, 0.6) is 0 Å². The third-order valence-corrected chi connectivity index (χ3v) is 2.10. The third-order valence-electron chi connectivity index (χ3n) is 2.10. The van der Waals surface area contributed by atoms with Gasteiger partial charge >= 0.3 is 0 Å². The Morgan fingerprint density at radius 3 is 2.10 bits per heavy atom. The molecular formula is C10H18. The second kappa shape index (κ2) is 5.35. The summed E-state index contributed by atoms with van der Waals surface area (Å²) in [4.78, 5) is 0. The Hall–Kier alpha value is -0.440. The zero-order chi connectivity index (χ0) is 7.98. The minimum Gasteiger partial charge on any atom is -0.106 e. The molecule has 0 N–H and O–H groups in total. The maximum atomic E-state index is 3.23. The first kappa shape index (κ1) is 9.56. The van der Waals surface area contributed by atoms with Gasteiger partial charge in [-0.2, -0.15) is 0 Å². The molecule has 2 unspecified atom stereocenters. The van der Waals surface area contributed by atoms with Gasteiger partial charge in [0.15, 0.2) is 0 Å². The molecule has 0 heteroatoms. The van der Waals surface area contributed by atoms with Crippen LogP contribution in [0.3, 0.4) is 0 Å². The smallest absolute Gasteiger partial charge is 0.0225 e. The van der Waals surface area contributed by atoms with Gasteiger partial charge in [-0.05, 0) is 19.3 Å². The lowest BCUT2D eigenvalue weighted by Crippen LogP contribution is -2.06. The minimum atomic E-state index is 0.620. The van der Waals surface area contributed by atoms with E-state index in [2.05, 4.69) is 32.6 Å². The summed E-state index contributed by atoms with van der Waals surface area (Å²) in [7, 11) is 0. The van der Waals surface area contributed by atoms with Gasteiger partial charge in [0.1, 0.15) is 0 Å². The fraction of sp³-hybridized carbons (Fsp3) is 0.800. The lowest BCUT2D eigenvalue weighted by molar-refractivity contribution is 0.419. The predicted molar refractivity (Wildman–Crippen MR) is 46.7 cm³/mol. The van der Waals surface area contributed by atoms with Gasteiger partial charge in [0.2, 0.25) is 0 Å². The highest BCUT2D eigenvalue weighted by Gasteiger charge is 2.09. The molecule has 0 saturated carbocycles. The van der Waals surface area contributed by atoms with Crippen molar-refractivity contribution >= 4 is 0 Å².